The number of nitrogens with zero attached hydrogens (tertiary/aromatic N) is 6. The van der Waals surface area contributed by atoms with Crippen molar-refractivity contribution in [1.82, 2.24) is 19.9 Å². The molecule has 196 valence electrons. The molecule has 0 aliphatic carbocycles. The molecule has 0 aliphatic rings. The average molecular weight is 493 g/mol. The molecule has 0 unspecified atom stereocenters. The van der Waals surface area contributed by atoms with Crippen LogP contribution < -0.4 is 9.13 Å². The molecule has 0 radical (unpaired) electrons. The van der Waals surface area contributed by atoms with E-state index in [1.165, 1.54) is 0 Å². The molecule has 0 aliphatic heterocycles. The molecule has 0 aromatic carbocycles. The molecule has 4 rings (SSSR count). The number of rotatable bonds is 2. The van der Waals surface area contributed by atoms with E-state index in [1.54, 1.807) is 12.7 Å². The molecule has 0 fully saturated rings. The van der Waals surface area contributed by atoms with Crippen LogP contribution in [0.2, 0.25) is 0 Å². The zero-order chi connectivity index (χ0) is 27.9. The van der Waals surface area contributed by atoms with Crippen molar-refractivity contribution in [2.75, 3.05) is 0 Å². The predicted molar refractivity (Wildman–Crippen MR) is 152 cm³/mol. The van der Waals surface area contributed by atoms with Gasteiger partial charge < -0.3 is 0 Å². The van der Waals surface area contributed by atoms with Gasteiger partial charge in [-0.2, -0.15) is 4.57 Å². The molecule has 36 heavy (non-hydrogen) atoms. The smallest absolute Gasteiger partial charge is 0.231 e. The van der Waals surface area contributed by atoms with Crippen LogP contribution in [0.15, 0.2) is 73.8 Å². The van der Waals surface area contributed by atoms with E-state index in [0.717, 1.165) is 33.9 Å². The third kappa shape index (κ3) is 11.3. The molecule has 6 nitrogen and oxygen atoms in total. The highest BCUT2D eigenvalue weighted by molar-refractivity contribution is 5.57. The van der Waals surface area contributed by atoms with Gasteiger partial charge in [-0.15, -0.1) is 0 Å². The summed E-state index contributed by atoms with van der Waals surface area (Å²) in [4.78, 5) is 16.5. The van der Waals surface area contributed by atoms with Gasteiger partial charge in [0.25, 0.3) is 0 Å². The fourth-order valence-corrected chi connectivity index (χ4v) is 2.88. The molecular weight excluding hydrogens is 444 g/mol. The summed E-state index contributed by atoms with van der Waals surface area (Å²) in [6.45, 7) is 20.0. The summed E-state index contributed by atoms with van der Waals surface area (Å²) < 4.78 is 4.11. The largest absolute Gasteiger partial charge is 0.244 e. The Kier molecular flexibility index (Phi) is 21.1. The summed E-state index contributed by atoms with van der Waals surface area (Å²) in [5.41, 5.74) is 6.40. The lowest BCUT2D eigenvalue weighted by molar-refractivity contribution is -0.660. The molecule has 0 atom stereocenters. The van der Waals surface area contributed by atoms with Crippen LogP contribution in [0.25, 0.3) is 22.6 Å². The van der Waals surface area contributed by atoms with Gasteiger partial charge in [-0.05, 0) is 31.5 Å². The monoisotopic (exact) mass is 492 g/mol. The molecule has 0 bridgehead atoms. The second-order valence-corrected chi connectivity index (χ2v) is 6.47. The van der Waals surface area contributed by atoms with Gasteiger partial charge in [-0.1, -0.05) is 55.4 Å². The number of aryl methyl sites for hydroxylation is 4. The van der Waals surface area contributed by atoms with Crippen molar-refractivity contribution in [3.63, 3.8) is 0 Å². The van der Waals surface area contributed by atoms with E-state index in [9.17, 15) is 0 Å². The van der Waals surface area contributed by atoms with E-state index < -0.39 is 0 Å². The van der Waals surface area contributed by atoms with Crippen molar-refractivity contribution in [2.45, 2.75) is 69.2 Å². The van der Waals surface area contributed by atoms with Gasteiger partial charge in [0.05, 0.1) is 11.3 Å². The first kappa shape index (κ1) is 34.6. The quantitative estimate of drug-likeness (QED) is 0.294. The highest BCUT2D eigenvalue weighted by atomic mass is 14.9. The normalized spacial score (nSPS) is 8.56. The Balaban J connectivity index is 0. The summed E-state index contributed by atoms with van der Waals surface area (Å²) in [6.07, 6.45) is 10.8. The lowest BCUT2D eigenvalue weighted by Crippen LogP contribution is -2.30. The van der Waals surface area contributed by atoms with Crippen molar-refractivity contribution in [3.05, 3.63) is 85.1 Å². The standard InChI is InChI=1S/2C11H12N3.4C2H6/c1-9-10(7-12-8-13-9)11-5-3-4-6-14(11)2;1-9-7-12-8-13-11(9)10-5-3-4-6-14(10)2;4*1-2/h2*3-8H,1-2H3;4*1-2H3/q2*+1;;;;. The van der Waals surface area contributed by atoms with Gasteiger partial charge in [-0.3, -0.25) is 0 Å². The zero-order valence-electron chi connectivity index (χ0n) is 24.6. The third-order valence-corrected chi connectivity index (χ3v) is 4.43. The van der Waals surface area contributed by atoms with E-state index in [4.69, 9.17) is 0 Å². The maximum absolute atomic E-state index is 4.28. The Labute approximate surface area is 220 Å². The van der Waals surface area contributed by atoms with Gasteiger partial charge in [0.2, 0.25) is 11.4 Å². The SMILES string of the molecule is CC.CC.CC.CC.Cc1cncnc1-c1cccc[n+]1C.Cc1ncncc1-c1cccc[n+]1C. The summed E-state index contributed by atoms with van der Waals surface area (Å²) in [5.74, 6) is 0. The average Bonchev–Trinajstić information content (AvgIpc) is 2.95. The first-order valence-electron chi connectivity index (χ1n) is 13.0. The van der Waals surface area contributed by atoms with Crippen molar-refractivity contribution >= 4 is 0 Å². The molecule has 6 heteroatoms. The molecule has 0 saturated carbocycles. The summed E-state index contributed by atoms with van der Waals surface area (Å²) in [7, 11) is 4.03. The second-order valence-electron chi connectivity index (χ2n) is 6.47. The van der Waals surface area contributed by atoms with E-state index >= 15 is 0 Å². The summed E-state index contributed by atoms with van der Waals surface area (Å²) in [6, 6.07) is 12.1. The van der Waals surface area contributed by atoms with E-state index in [2.05, 4.69) is 41.2 Å². The highest BCUT2D eigenvalue weighted by Crippen LogP contribution is 2.16. The number of aromatic nitrogens is 6. The van der Waals surface area contributed by atoms with Crippen LogP contribution in [-0.2, 0) is 14.1 Å². The van der Waals surface area contributed by atoms with Crippen LogP contribution in [0.1, 0.15) is 66.6 Å². The van der Waals surface area contributed by atoms with E-state index in [0.29, 0.717) is 0 Å². The van der Waals surface area contributed by atoms with Gasteiger partial charge in [-0.25, -0.2) is 24.5 Å². The number of hydrogen-bond donors (Lipinski definition) is 0. The Morgan fingerprint density at radius 2 is 1.06 bits per heavy atom. The maximum atomic E-state index is 4.28. The van der Waals surface area contributed by atoms with Crippen LogP contribution in [0, 0.1) is 13.8 Å². The predicted octanol–water partition coefficient (Wildman–Crippen LogP) is 6.66. The molecular formula is C30H48N6+2. The van der Waals surface area contributed by atoms with Crippen LogP contribution in [0.4, 0.5) is 0 Å². The minimum Gasteiger partial charge on any atom is -0.244 e. The molecule has 0 N–H and O–H groups in total. The van der Waals surface area contributed by atoms with Crippen molar-refractivity contribution in [1.29, 1.82) is 0 Å². The Morgan fingerprint density at radius 3 is 1.53 bits per heavy atom. The first-order chi connectivity index (χ1) is 17.6. The molecule has 0 saturated heterocycles. The Hall–Kier alpha value is -3.54. The van der Waals surface area contributed by atoms with Crippen LogP contribution in [0.3, 0.4) is 0 Å². The first-order valence-corrected chi connectivity index (χ1v) is 13.0. The van der Waals surface area contributed by atoms with Crippen molar-refractivity contribution < 1.29 is 9.13 Å². The third-order valence-electron chi connectivity index (χ3n) is 4.43. The molecule has 4 aromatic rings. The van der Waals surface area contributed by atoms with Gasteiger partial charge in [0.15, 0.2) is 12.4 Å². The fourth-order valence-electron chi connectivity index (χ4n) is 2.88. The number of pyridine rings is 2. The van der Waals surface area contributed by atoms with E-state index in [1.807, 2.05) is 132 Å². The van der Waals surface area contributed by atoms with Crippen molar-refractivity contribution in [2.24, 2.45) is 14.1 Å². The van der Waals surface area contributed by atoms with Gasteiger partial charge in [0.1, 0.15) is 32.4 Å². The second kappa shape index (κ2) is 22.0. The highest BCUT2D eigenvalue weighted by Gasteiger charge is 2.12. The topological polar surface area (TPSA) is 59.3 Å². The lowest BCUT2D eigenvalue weighted by atomic mass is 10.1. The van der Waals surface area contributed by atoms with E-state index in [-0.39, 0.29) is 0 Å². The molecule has 0 amide bonds. The van der Waals surface area contributed by atoms with Crippen LogP contribution in [0.5, 0.6) is 0 Å². The molecule has 4 aromatic heterocycles. The molecule has 4 heterocycles. The summed E-state index contributed by atoms with van der Waals surface area (Å²) >= 11 is 0. The summed E-state index contributed by atoms with van der Waals surface area (Å²) in [5, 5.41) is 0. The Morgan fingerprint density at radius 1 is 0.583 bits per heavy atom. The molecule has 0 spiro atoms. The minimum atomic E-state index is 0.989. The van der Waals surface area contributed by atoms with Crippen LogP contribution >= 0.6 is 0 Å². The van der Waals surface area contributed by atoms with Crippen LogP contribution in [-0.4, -0.2) is 19.9 Å². The van der Waals surface area contributed by atoms with Gasteiger partial charge >= 0.3 is 0 Å². The maximum Gasteiger partial charge on any atom is 0.231 e. The lowest BCUT2D eigenvalue weighted by Gasteiger charge is -2.01. The van der Waals surface area contributed by atoms with Crippen molar-refractivity contribution in [3.8, 4) is 22.6 Å². The minimum absolute atomic E-state index is 0.989. The number of hydrogen-bond acceptors (Lipinski definition) is 4. The zero-order valence-corrected chi connectivity index (χ0v) is 24.6. The Bertz CT molecular complexity index is 906. The fraction of sp³-hybridized carbons (Fsp3) is 0.400. The van der Waals surface area contributed by atoms with Gasteiger partial charge in [0, 0.05) is 36.7 Å².